The average Bonchev–Trinajstić information content (AvgIpc) is 3.33. The molecule has 5 heteroatoms. The molecule has 1 heterocycles. The van der Waals surface area contributed by atoms with Crippen molar-refractivity contribution in [2.24, 2.45) is 11.1 Å². The van der Waals surface area contributed by atoms with Crippen LogP contribution in [0, 0.1) is 5.92 Å². The van der Waals surface area contributed by atoms with E-state index in [4.69, 9.17) is 9.57 Å². The number of benzene rings is 1. The molecule has 1 amide bonds. The molecule has 0 N–H and O–H groups in total. The minimum Gasteiger partial charge on any atom is -0.496 e. The Bertz CT molecular complexity index is 622. The molecule has 1 saturated carbocycles. The van der Waals surface area contributed by atoms with Gasteiger partial charge in [-0.1, -0.05) is 23.4 Å². The van der Waals surface area contributed by atoms with Gasteiger partial charge >= 0.3 is 0 Å². The fraction of sp³-hybridized carbons (Fsp3) is 0.444. The first kappa shape index (κ1) is 15.6. The highest BCUT2D eigenvalue weighted by Crippen LogP contribution is 2.31. The van der Waals surface area contributed by atoms with Gasteiger partial charge in [0, 0.05) is 24.4 Å². The van der Waals surface area contributed by atoms with Crippen LogP contribution in [0.5, 0.6) is 5.75 Å². The highest BCUT2D eigenvalue weighted by atomic mass is 16.6. The minimum atomic E-state index is -0.113. The van der Waals surface area contributed by atoms with Crippen molar-refractivity contribution in [2.75, 3.05) is 20.2 Å². The molecule has 5 nitrogen and oxygen atoms in total. The van der Waals surface area contributed by atoms with Crippen LogP contribution in [-0.2, 0) is 9.63 Å². The van der Waals surface area contributed by atoms with E-state index >= 15 is 0 Å². The average molecular weight is 314 g/mol. The molecule has 1 aliphatic carbocycles. The summed E-state index contributed by atoms with van der Waals surface area (Å²) in [4.78, 5) is 19.7. The highest BCUT2D eigenvalue weighted by molar-refractivity contribution is 6.03. The van der Waals surface area contributed by atoms with Gasteiger partial charge in [0.15, 0.2) is 6.10 Å². The monoisotopic (exact) mass is 314 g/mol. The molecule has 0 aromatic heterocycles. The third-order valence-corrected chi connectivity index (χ3v) is 4.16. The topological polar surface area (TPSA) is 51.1 Å². The summed E-state index contributed by atoms with van der Waals surface area (Å²) in [6.07, 6.45) is 4.32. The smallest absolute Gasteiger partial charge is 0.226 e. The predicted octanol–water partition coefficient (Wildman–Crippen LogP) is 2.61. The number of nitrogens with zero attached hydrogens (tertiary/aromatic N) is 2. The number of amides is 1. The Morgan fingerprint density at radius 2 is 2.26 bits per heavy atom. The summed E-state index contributed by atoms with van der Waals surface area (Å²) in [5.74, 6) is 1.19. The number of oxime groups is 1. The lowest BCUT2D eigenvalue weighted by molar-refractivity contribution is -0.133. The highest BCUT2D eigenvalue weighted by Gasteiger charge is 2.35. The second kappa shape index (κ2) is 6.86. The number of ether oxygens (including phenoxy) is 1. The van der Waals surface area contributed by atoms with Crippen LogP contribution in [-0.4, -0.2) is 42.8 Å². The second-order valence-electron chi connectivity index (χ2n) is 5.98. The summed E-state index contributed by atoms with van der Waals surface area (Å²) in [7, 11) is 1.65. The van der Waals surface area contributed by atoms with Gasteiger partial charge in [0.1, 0.15) is 5.75 Å². The first-order valence-electron chi connectivity index (χ1n) is 7.98. The number of carbonyl (C=O) groups is 1. The lowest BCUT2D eigenvalue weighted by atomic mass is 10.0. The molecule has 1 atom stereocenters. The Kier molecular flexibility index (Phi) is 4.65. The van der Waals surface area contributed by atoms with Gasteiger partial charge in [0.25, 0.3) is 0 Å². The van der Waals surface area contributed by atoms with E-state index in [-0.39, 0.29) is 17.9 Å². The SMILES string of the molecule is C=CCN(C[C@H]1CC(c2ccccc2OC)=NO1)C(=O)C1CC1. The van der Waals surface area contributed by atoms with Gasteiger partial charge in [-0.15, -0.1) is 6.58 Å². The number of methoxy groups -OCH3 is 1. The van der Waals surface area contributed by atoms with E-state index in [1.54, 1.807) is 13.2 Å². The van der Waals surface area contributed by atoms with E-state index in [2.05, 4.69) is 11.7 Å². The summed E-state index contributed by atoms with van der Waals surface area (Å²) >= 11 is 0. The molecular formula is C18H22N2O3. The fourth-order valence-electron chi connectivity index (χ4n) is 2.81. The van der Waals surface area contributed by atoms with E-state index in [1.165, 1.54) is 0 Å². The molecule has 0 bridgehead atoms. The summed E-state index contributed by atoms with van der Waals surface area (Å²) in [6.45, 7) is 4.84. The van der Waals surface area contributed by atoms with Gasteiger partial charge in [-0.25, -0.2) is 0 Å². The van der Waals surface area contributed by atoms with Crippen LogP contribution in [0.4, 0.5) is 0 Å². The number of hydrogen-bond donors (Lipinski definition) is 0. The number of hydrogen-bond acceptors (Lipinski definition) is 4. The lowest BCUT2D eigenvalue weighted by Gasteiger charge is -2.23. The number of para-hydroxylation sites is 1. The molecular weight excluding hydrogens is 292 g/mol. The van der Waals surface area contributed by atoms with E-state index in [0.717, 1.165) is 29.9 Å². The lowest BCUT2D eigenvalue weighted by Crippen LogP contribution is -2.38. The van der Waals surface area contributed by atoms with E-state index in [9.17, 15) is 4.79 Å². The van der Waals surface area contributed by atoms with Gasteiger partial charge in [0.2, 0.25) is 5.91 Å². The van der Waals surface area contributed by atoms with E-state index in [1.807, 2.05) is 29.2 Å². The molecule has 1 fully saturated rings. The molecule has 0 saturated heterocycles. The Morgan fingerprint density at radius 1 is 1.48 bits per heavy atom. The molecule has 2 aliphatic rings. The van der Waals surface area contributed by atoms with Crippen LogP contribution in [0.2, 0.25) is 0 Å². The van der Waals surface area contributed by atoms with Crippen molar-refractivity contribution >= 4 is 11.6 Å². The Labute approximate surface area is 136 Å². The first-order chi connectivity index (χ1) is 11.2. The second-order valence-corrected chi connectivity index (χ2v) is 5.98. The van der Waals surface area contributed by atoms with Crippen molar-refractivity contribution in [3.8, 4) is 5.75 Å². The van der Waals surface area contributed by atoms with Gasteiger partial charge in [-0.2, -0.15) is 0 Å². The first-order valence-corrected chi connectivity index (χ1v) is 7.98. The molecule has 0 spiro atoms. The van der Waals surface area contributed by atoms with Crippen molar-refractivity contribution in [3.05, 3.63) is 42.5 Å². The van der Waals surface area contributed by atoms with Crippen LogP contribution in [0.1, 0.15) is 24.8 Å². The maximum Gasteiger partial charge on any atom is 0.226 e. The fourth-order valence-corrected chi connectivity index (χ4v) is 2.81. The maximum atomic E-state index is 12.3. The van der Waals surface area contributed by atoms with Crippen LogP contribution in [0.15, 0.2) is 42.1 Å². The van der Waals surface area contributed by atoms with Crippen LogP contribution >= 0.6 is 0 Å². The van der Waals surface area contributed by atoms with Crippen molar-refractivity contribution in [1.29, 1.82) is 0 Å². The Morgan fingerprint density at radius 3 is 2.96 bits per heavy atom. The van der Waals surface area contributed by atoms with Crippen molar-refractivity contribution < 1.29 is 14.4 Å². The minimum absolute atomic E-state index is 0.113. The van der Waals surface area contributed by atoms with Gasteiger partial charge < -0.3 is 14.5 Å². The van der Waals surface area contributed by atoms with Crippen molar-refractivity contribution in [3.63, 3.8) is 0 Å². The van der Waals surface area contributed by atoms with Crippen LogP contribution in [0.25, 0.3) is 0 Å². The van der Waals surface area contributed by atoms with Crippen LogP contribution in [0.3, 0.4) is 0 Å². The van der Waals surface area contributed by atoms with Gasteiger partial charge in [0.05, 0.1) is 19.4 Å². The third kappa shape index (κ3) is 3.55. The summed E-state index contributed by atoms with van der Waals surface area (Å²) in [6, 6.07) is 7.76. The van der Waals surface area contributed by atoms with Gasteiger partial charge in [-0.3, -0.25) is 4.79 Å². The summed E-state index contributed by atoms with van der Waals surface area (Å²) < 4.78 is 5.38. The van der Waals surface area contributed by atoms with Crippen LogP contribution < -0.4 is 4.74 Å². The molecule has 23 heavy (non-hydrogen) atoms. The zero-order valence-corrected chi connectivity index (χ0v) is 13.4. The molecule has 1 aromatic rings. The third-order valence-electron chi connectivity index (χ3n) is 4.16. The standard InChI is InChI=1S/C18H22N2O3/c1-3-10-20(18(21)13-8-9-13)12-14-11-16(19-23-14)15-6-4-5-7-17(15)22-2/h3-7,13-14H,1,8-12H2,2H3/t14-/m1/s1. The molecule has 1 aliphatic heterocycles. The summed E-state index contributed by atoms with van der Waals surface area (Å²) in [5, 5.41) is 4.20. The molecule has 122 valence electrons. The largest absolute Gasteiger partial charge is 0.496 e. The summed E-state index contributed by atoms with van der Waals surface area (Å²) in [5.41, 5.74) is 1.81. The number of rotatable bonds is 7. The molecule has 0 radical (unpaired) electrons. The maximum absolute atomic E-state index is 12.3. The zero-order valence-electron chi connectivity index (χ0n) is 13.4. The molecule has 3 rings (SSSR count). The predicted molar refractivity (Wildman–Crippen MR) is 88.5 cm³/mol. The normalized spacial score (nSPS) is 19.7. The molecule has 1 aromatic carbocycles. The van der Waals surface area contributed by atoms with E-state index < -0.39 is 0 Å². The Hall–Kier alpha value is -2.30. The van der Waals surface area contributed by atoms with Crippen molar-refractivity contribution in [1.82, 2.24) is 4.90 Å². The Balaban J connectivity index is 1.63. The van der Waals surface area contributed by atoms with Gasteiger partial charge in [-0.05, 0) is 25.0 Å². The van der Waals surface area contributed by atoms with E-state index in [0.29, 0.717) is 19.5 Å². The molecule has 0 unspecified atom stereocenters. The quantitative estimate of drug-likeness (QED) is 0.727. The zero-order chi connectivity index (χ0) is 16.2. The van der Waals surface area contributed by atoms with Crippen molar-refractivity contribution in [2.45, 2.75) is 25.4 Å². The number of carbonyl (C=O) groups excluding carboxylic acids is 1.